The van der Waals surface area contributed by atoms with Crippen LogP contribution >= 0.6 is 11.8 Å². The van der Waals surface area contributed by atoms with Crippen LogP contribution in [0.3, 0.4) is 0 Å². The van der Waals surface area contributed by atoms with Crippen LogP contribution in [0.25, 0.3) is 6.08 Å². The third-order valence-corrected chi connectivity index (χ3v) is 6.27. The number of morpholine rings is 1. The predicted octanol–water partition coefficient (Wildman–Crippen LogP) is 5.12. The Morgan fingerprint density at radius 2 is 1.94 bits per heavy atom. The van der Waals surface area contributed by atoms with Gasteiger partial charge in [-0.05, 0) is 60.2 Å². The number of nitrogens with zero attached hydrogens (tertiary/aromatic N) is 2. The molecular weight excluding hydrogens is 420 g/mol. The van der Waals surface area contributed by atoms with Crippen LogP contribution < -0.4 is 9.64 Å². The highest BCUT2D eigenvalue weighted by Gasteiger charge is 2.12. The Morgan fingerprint density at radius 3 is 2.66 bits per heavy atom. The van der Waals surface area contributed by atoms with Gasteiger partial charge in [0, 0.05) is 41.9 Å². The fraction of sp³-hybridized carbons (Fsp3) is 0.231. The Morgan fingerprint density at radius 1 is 1.12 bits per heavy atom. The first-order valence-corrected chi connectivity index (χ1v) is 11.6. The molecule has 1 aromatic heterocycles. The van der Waals surface area contributed by atoms with Crippen molar-refractivity contribution < 1.29 is 14.3 Å². The number of hydrogen-bond acceptors (Lipinski definition) is 6. The van der Waals surface area contributed by atoms with E-state index in [1.165, 1.54) is 0 Å². The van der Waals surface area contributed by atoms with Gasteiger partial charge in [-0.2, -0.15) is 0 Å². The van der Waals surface area contributed by atoms with Gasteiger partial charge in [-0.3, -0.25) is 4.79 Å². The van der Waals surface area contributed by atoms with Gasteiger partial charge in [0.25, 0.3) is 0 Å². The molecule has 1 fully saturated rings. The first-order valence-electron chi connectivity index (χ1n) is 10.6. The molecule has 0 unspecified atom stereocenters. The van der Waals surface area contributed by atoms with E-state index < -0.39 is 0 Å². The molecule has 1 saturated heterocycles. The molecule has 0 N–H and O–H groups in total. The van der Waals surface area contributed by atoms with Crippen molar-refractivity contribution in [2.24, 2.45) is 0 Å². The molecule has 2 heterocycles. The zero-order valence-corrected chi connectivity index (χ0v) is 18.9. The number of carbonyl (C=O) groups is 1. The number of methoxy groups -OCH3 is 1. The van der Waals surface area contributed by atoms with Gasteiger partial charge in [-0.15, -0.1) is 11.8 Å². The zero-order chi connectivity index (χ0) is 22.2. The third kappa shape index (κ3) is 5.78. The molecule has 0 spiro atoms. The van der Waals surface area contributed by atoms with Crippen LogP contribution in [0.2, 0.25) is 0 Å². The molecule has 0 atom stereocenters. The zero-order valence-electron chi connectivity index (χ0n) is 18.1. The summed E-state index contributed by atoms with van der Waals surface area (Å²) in [5.41, 5.74) is 3.82. The van der Waals surface area contributed by atoms with E-state index in [1.807, 2.05) is 60.7 Å². The second-order valence-electron chi connectivity index (χ2n) is 7.37. The molecule has 0 bridgehead atoms. The van der Waals surface area contributed by atoms with Crippen LogP contribution in [0.15, 0.2) is 78.0 Å². The molecule has 1 aliphatic rings. The number of aromatic nitrogens is 1. The first-order chi connectivity index (χ1) is 15.7. The number of anilines is 1. The van der Waals surface area contributed by atoms with Gasteiger partial charge in [0.05, 0.1) is 25.3 Å². The van der Waals surface area contributed by atoms with E-state index in [1.54, 1.807) is 31.1 Å². The fourth-order valence-electron chi connectivity index (χ4n) is 3.53. The Hall–Kier alpha value is -3.09. The number of carbonyl (C=O) groups excluding carboxylic acids is 1. The average molecular weight is 447 g/mol. The van der Waals surface area contributed by atoms with E-state index in [4.69, 9.17) is 9.47 Å². The Bertz CT molecular complexity index is 1060. The van der Waals surface area contributed by atoms with E-state index in [2.05, 4.69) is 16.0 Å². The van der Waals surface area contributed by atoms with Crippen LogP contribution in [-0.4, -0.2) is 44.2 Å². The molecule has 4 rings (SSSR count). The summed E-state index contributed by atoms with van der Waals surface area (Å²) in [5, 5.41) is 0.964. The van der Waals surface area contributed by atoms with Crippen LogP contribution in [0.1, 0.15) is 21.5 Å². The number of allylic oxidation sites excluding steroid dienone is 1. The maximum atomic E-state index is 12.7. The van der Waals surface area contributed by atoms with Gasteiger partial charge in [-0.1, -0.05) is 18.2 Å². The van der Waals surface area contributed by atoms with Crippen molar-refractivity contribution in [1.29, 1.82) is 0 Å². The summed E-state index contributed by atoms with van der Waals surface area (Å²) in [6.45, 7) is 3.25. The summed E-state index contributed by atoms with van der Waals surface area (Å²) in [4.78, 5) is 19.3. The molecule has 5 nitrogen and oxygen atoms in total. The van der Waals surface area contributed by atoms with E-state index in [-0.39, 0.29) is 5.78 Å². The van der Waals surface area contributed by atoms with E-state index >= 15 is 0 Å². The lowest BCUT2D eigenvalue weighted by Gasteiger charge is -2.28. The number of ether oxygens (including phenoxy) is 2. The fourth-order valence-corrected chi connectivity index (χ4v) is 4.36. The minimum atomic E-state index is -0.0150. The second-order valence-corrected chi connectivity index (χ2v) is 8.37. The van der Waals surface area contributed by atoms with E-state index in [0.29, 0.717) is 5.56 Å². The van der Waals surface area contributed by atoms with Crippen LogP contribution in [0.5, 0.6) is 5.75 Å². The molecule has 6 heteroatoms. The van der Waals surface area contributed by atoms with Gasteiger partial charge >= 0.3 is 0 Å². The lowest BCUT2D eigenvalue weighted by Crippen LogP contribution is -2.36. The molecule has 0 amide bonds. The molecule has 2 aromatic carbocycles. The SMILES string of the molecule is COc1ccc(/C=C/C(=O)c2ccc(N3CCOCC3)cc2)cc1CSc1ccccn1. The van der Waals surface area contributed by atoms with Crippen molar-refractivity contribution in [1.82, 2.24) is 4.98 Å². The summed E-state index contributed by atoms with van der Waals surface area (Å²) in [6, 6.07) is 19.6. The maximum Gasteiger partial charge on any atom is 0.185 e. The highest BCUT2D eigenvalue weighted by Crippen LogP contribution is 2.28. The predicted molar refractivity (Wildman–Crippen MR) is 130 cm³/mol. The smallest absolute Gasteiger partial charge is 0.185 e. The van der Waals surface area contributed by atoms with Gasteiger partial charge in [0.2, 0.25) is 0 Å². The van der Waals surface area contributed by atoms with Crippen LogP contribution in [0.4, 0.5) is 5.69 Å². The maximum absolute atomic E-state index is 12.7. The number of ketones is 1. The van der Waals surface area contributed by atoms with E-state index in [9.17, 15) is 4.79 Å². The number of thioether (sulfide) groups is 1. The van der Waals surface area contributed by atoms with Crippen molar-refractivity contribution in [3.05, 3.63) is 89.6 Å². The van der Waals surface area contributed by atoms with Gasteiger partial charge in [-0.25, -0.2) is 4.98 Å². The molecule has 32 heavy (non-hydrogen) atoms. The third-order valence-electron chi connectivity index (χ3n) is 5.27. The quantitative estimate of drug-likeness (QED) is 0.272. The standard InChI is InChI=1S/C26H26N2O3S/c1-30-25-12-6-20(18-22(25)19-32-26-4-2-3-13-27-26)5-11-24(29)21-7-9-23(10-8-21)28-14-16-31-17-15-28/h2-13,18H,14-17,19H2,1H3/b11-5+. The first kappa shape index (κ1) is 22.1. The van der Waals surface area contributed by atoms with Gasteiger partial charge in [0.15, 0.2) is 5.78 Å². The van der Waals surface area contributed by atoms with Crippen molar-refractivity contribution in [3.8, 4) is 5.75 Å². The van der Waals surface area contributed by atoms with Crippen molar-refractivity contribution in [2.45, 2.75) is 10.8 Å². The average Bonchev–Trinajstić information content (AvgIpc) is 2.87. The summed E-state index contributed by atoms with van der Waals surface area (Å²) in [6.07, 6.45) is 5.27. The highest BCUT2D eigenvalue weighted by molar-refractivity contribution is 7.98. The normalized spacial score (nSPS) is 14.0. The van der Waals surface area contributed by atoms with E-state index in [0.717, 1.165) is 59.6 Å². The molecule has 3 aromatic rings. The monoisotopic (exact) mass is 446 g/mol. The minimum Gasteiger partial charge on any atom is -0.496 e. The summed E-state index contributed by atoms with van der Waals surface area (Å²) < 4.78 is 10.9. The topological polar surface area (TPSA) is 51.7 Å². The Kier molecular flexibility index (Phi) is 7.59. The molecule has 1 aliphatic heterocycles. The Labute approximate surface area is 193 Å². The van der Waals surface area contributed by atoms with Crippen molar-refractivity contribution in [3.63, 3.8) is 0 Å². The van der Waals surface area contributed by atoms with Crippen molar-refractivity contribution in [2.75, 3.05) is 38.3 Å². The highest BCUT2D eigenvalue weighted by atomic mass is 32.2. The second kappa shape index (κ2) is 11.0. The number of rotatable bonds is 8. The molecule has 0 aliphatic carbocycles. The molecule has 0 radical (unpaired) electrons. The van der Waals surface area contributed by atoms with Gasteiger partial charge < -0.3 is 14.4 Å². The lowest BCUT2D eigenvalue weighted by atomic mass is 10.1. The summed E-state index contributed by atoms with van der Waals surface area (Å²) in [7, 11) is 1.67. The lowest BCUT2D eigenvalue weighted by molar-refractivity contribution is 0.104. The minimum absolute atomic E-state index is 0.0150. The number of benzene rings is 2. The molecule has 164 valence electrons. The summed E-state index contributed by atoms with van der Waals surface area (Å²) >= 11 is 1.65. The Balaban J connectivity index is 1.42. The largest absolute Gasteiger partial charge is 0.496 e. The van der Waals surface area contributed by atoms with Gasteiger partial charge in [0.1, 0.15) is 5.75 Å². The molecule has 0 saturated carbocycles. The molecular formula is C26H26N2O3S. The van der Waals surface area contributed by atoms with Crippen LogP contribution in [0, 0.1) is 0 Å². The summed E-state index contributed by atoms with van der Waals surface area (Å²) in [5.74, 6) is 1.55. The van der Waals surface area contributed by atoms with Crippen LogP contribution in [-0.2, 0) is 10.5 Å². The van der Waals surface area contributed by atoms with Crippen molar-refractivity contribution >= 4 is 29.3 Å². The number of hydrogen-bond donors (Lipinski definition) is 0. The number of pyridine rings is 1.